The number of anilines is 1. The van der Waals surface area contributed by atoms with Crippen LogP contribution in [0.2, 0.25) is 0 Å². The standard InChI is InChI=1S/C33H34N2O3S/c1-2-38-32(36)24-28-15-9-17-31(23-28)39-30-20-18-29(19-21-30)35(22-10-16-26-11-5-3-6-12-26)33(37)34-25-27-13-7-4-8-14-27/h3-9,11-15,17-21,23H,2,10,16,22,24-25H2,1H3,(H,34,37). The van der Waals surface area contributed by atoms with Crippen molar-refractivity contribution < 1.29 is 14.3 Å². The number of esters is 1. The van der Waals surface area contributed by atoms with Crippen molar-refractivity contribution in [3.63, 3.8) is 0 Å². The van der Waals surface area contributed by atoms with Gasteiger partial charge in [-0.05, 0) is 72.9 Å². The van der Waals surface area contributed by atoms with Gasteiger partial charge in [0.25, 0.3) is 0 Å². The zero-order valence-electron chi connectivity index (χ0n) is 22.2. The van der Waals surface area contributed by atoms with E-state index in [2.05, 4.69) is 17.4 Å². The summed E-state index contributed by atoms with van der Waals surface area (Å²) < 4.78 is 5.07. The molecule has 1 N–H and O–H groups in total. The molecule has 200 valence electrons. The van der Waals surface area contributed by atoms with E-state index in [1.807, 2.05) is 109 Å². The van der Waals surface area contributed by atoms with Crippen LogP contribution in [-0.2, 0) is 28.9 Å². The lowest BCUT2D eigenvalue weighted by molar-refractivity contribution is -0.142. The van der Waals surface area contributed by atoms with Gasteiger partial charge in [0.2, 0.25) is 0 Å². The van der Waals surface area contributed by atoms with Crippen molar-refractivity contribution in [2.45, 2.75) is 42.5 Å². The van der Waals surface area contributed by atoms with Gasteiger partial charge in [-0.15, -0.1) is 0 Å². The fraction of sp³-hybridized carbons (Fsp3) is 0.212. The molecule has 0 aromatic heterocycles. The smallest absolute Gasteiger partial charge is 0.322 e. The van der Waals surface area contributed by atoms with Crippen LogP contribution in [0, 0.1) is 0 Å². The van der Waals surface area contributed by atoms with E-state index in [1.54, 1.807) is 11.8 Å². The molecule has 0 aliphatic rings. The van der Waals surface area contributed by atoms with Crippen LogP contribution in [0.4, 0.5) is 10.5 Å². The summed E-state index contributed by atoms with van der Waals surface area (Å²) in [4.78, 5) is 29.1. The molecule has 0 atom stereocenters. The molecule has 0 unspecified atom stereocenters. The third-order valence-electron chi connectivity index (χ3n) is 6.16. The van der Waals surface area contributed by atoms with Crippen LogP contribution in [0.1, 0.15) is 30.0 Å². The number of hydrogen-bond acceptors (Lipinski definition) is 4. The SMILES string of the molecule is CCOC(=O)Cc1cccc(Sc2ccc(N(CCCc3ccccc3)C(=O)NCc3ccccc3)cc2)c1. The number of rotatable bonds is 12. The number of amides is 2. The lowest BCUT2D eigenvalue weighted by atomic mass is 10.1. The quantitative estimate of drug-likeness (QED) is 0.192. The maximum absolute atomic E-state index is 13.3. The Bertz CT molecular complexity index is 1330. The van der Waals surface area contributed by atoms with Crippen LogP contribution in [0.25, 0.3) is 0 Å². The largest absolute Gasteiger partial charge is 0.466 e. The number of hydrogen-bond donors (Lipinski definition) is 1. The monoisotopic (exact) mass is 538 g/mol. The van der Waals surface area contributed by atoms with Crippen molar-refractivity contribution in [3.8, 4) is 0 Å². The highest BCUT2D eigenvalue weighted by Gasteiger charge is 2.16. The van der Waals surface area contributed by atoms with Gasteiger partial charge >= 0.3 is 12.0 Å². The van der Waals surface area contributed by atoms with Crippen molar-refractivity contribution >= 4 is 29.4 Å². The molecule has 0 heterocycles. The second kappa shape index (κ2) is 14.8. The van der Waals surface area contributed by atoms with Gasteiger partial charge in [0.15, 0.2) is 0 Å². The fourth-order valence-corrected chi connectivity index (χ4v) is 5.13. The number of nitrogens with zero attached hydrogens (tertiary/aromatic N) is 1. The Morgan fingerprint density at radius 3 is 2.13 bits per heavy atom. The van der Waals surface area contributed by atoms with E-state index in [9.17, 15) is 9.59 Å². The molecule has 6 heteroatoms. The molecule has 4 aromatic carbocycles. The first-order valence-electron chi connectivity index (χ1n) is 13.3. The summed E-state index contributed by atoms with van der Waals surface area (Å²) in [6, 6.07) is 36.2. The van der Waals surface area contributed by atoms with E-state index in [-0.39, 0.29) is 18.4 Å². The Kier molecular flexibility index (Phi) is 10.6. The van der Waals surface area contributed by atoms with E-state index in [1.165, 1.54) is 5.56 Å². The molecule has 39 heavy (non-hydrogen) atoms. The summed E-state index contributed by atoms with van der Waals surface area (Å²) in [6.07, 6.45) is 2.02. The molecule has 0 saturated carbocycles. The van der Waals surface area contributed by atoms with Crippen molar-refractivity contribution in [2.24, 2.45) is 0 Å². The maximum atomic E-state index is 13.3. The second-order valence-electron chi connectivity index (χ2n) is 9.11. The van der Waals surface area contributed by atoms with E-state index in [4.69, 9.17) is 4.74 Å². The van der Waals surface area contributed by atoms with Gasteiger partial charge in [-0.3, -0.25) is 9.69 Å². The van der Waals surface area contributed by atoms with E-state index >= 15 is 0 Å². The third-order valence-corrected chi connectivity index (χ3v) is 7.16. The first-order chi connectivity index (χ1) is 19.1. The minimum atomic E-state index is -0.220. The van der Waals surface area contributed by atoms with Gasteiger partial charge in [0.05, 0.1) is 13.0 Å². The highest BCUT2D eigenvalue weighted by Crippen LogP contribution is 2.30. The van der Waals surface area contributed by atoms with E-state index < -0.39 is 0 Å². The normalized spacial score (nSPS) is 10.6. The van der Waals surface area contributed by atoms with Crippen molar-refractivity contribution in [1.82, 2.24) is 5.32 Å². The minimum Gasteiger partial charge on any atom is -0.466 e. The van der Waals surface area contributed by atoms with Crippen LogP contribution >= 0.6 is 11.8 Å². The van der Waals surface area contributed by atoms with Crippen molar-refractivity contribution in [3.05, 3.63) is 126 Å². The molecule has 0 radical (unpaired) electrons. The van der Waals surface area contributed by atoms with Crippen molar-refractivity contribution in [1.29, 1.82) is 0 Å². The molecule has 5 nitrogen and oxygen atoms in total. The Balaban J connectivity index is 1.42. The summed E-state index contributed by atoms with van der Waals surface area (Å²) in [7, 11) is 0. The summed E-state index contributed by atoms with van der Waals surface area (Å²) in [6.45, 7) is 3.28. The van der Waals surface area contributed by atoms with Crippen LogP contribution < -0.4 is 10.2 Å². The zero-order valence-corrected chi connectivity index (χ0v) is 23.0. The number of carbonyl (C=O) groups excluding carboxylic acids is 2. The molecule has 4 aromatic rings. The van der Waals surface area contributed by atoms with Crippen LogP contribution in [0.5, 0.6) is 0 Å². The van der Waals surface area contributed by atoms with Gasteiger partial charge in [0, 0.05) is 28.6 Å². The number of ether oxygens (including phenoxy) is 1. The minimum absolute atomic E-state index is 0.112. The summed E-state index contributed by atoms with van der Waals surface area (Å²) in [5.74, 6) is -0.220. The zero-order chi connectivity index (χ0) is 27.3. The topological polar surface area (TPSA) is 58.6 Å². The number of nitrogens with one attached hydrogen (secondary N) is 1. The number of carbonyl (C=O) groups is 2. The summed E-state index contributed by atoms with van der Waals surface area (Å²) >= 11 is 1.62. The molecule has 2 amide bonds. The average Bonchev–Trinajstić information content (AvgIpc) is 2.96. The Morgan fingerprint density at radius 2 is 1.44 bits per heavy atom. The van der Waals surface area contributed by atoms with E-state index in [0.717, 1.165) is 39.4 Å². The van der Waals surface area contributed by atoms with Gasteiger partial charge in [0.1, 0.15) is 0 Å². The maximum Gasteiger partial charge on any atom is 0.322 e. The second-order valence-corrected chi connectivity index (χ2v) is 10.3. The number of benzene rings is 4. The highest BCUT2D eigenvalue weighted by atomic mass is 32.2. The van der Waals surface area contributed by atoms with Crippen molar-refractivity contribution in [2.75, 3.05) is 18.1 Å². The molecule has 0 saturated heterocycles. The molecule has 4 rings (SSSR count). The third kappa shape index (κ3) is 9.04. The molecule has 0 bridgehead atoms. The Labute approximate surface area is 235 Å². The lowest BCUT2D eigenvalue weighted by Crippen LogP contribution is -2.40. The Hall–Kier alpha value is -4.03. The molecule has 0 aliphatic heterocycles. The van der Waals surface area contributed by atoms with E-state index in [0.29, 0.717) is 19.7 Å². The number of aryl methyl sites for hydroxylation is 1. The fourth-order valence-electron chi connectivity index (χ4n) is 4.23. The predicted molar refractivity (Wildman–Crippen MR) is 158 cm³/mol. The first kappa shape index (κ1) is 28.0. The first-order valence-corrected chi connectivity index (χ1v) is 14.1. The van der Waals surface area contributed by atoms with Gasteiger partial charge in [-0.2, -0.15) is 0 Å². The highest BCUT2D eigenvalue weighted by molar-refractivity contribution is 7.99. The lowest BCUT2D eigenvalue weighted by Gasteiger charge is -2.24. The van der Waals surface area contributed by atoms with Crippen LogP contribution in [-0.4, -0.2) is 25.2 Å². The molecule has 0 aliphatic carbocycles. The average molecular weight is 539 g/mol. The van der Waals surface area contributed by atoms with Gasteiger partial charge in [-0.1, -0.05) is 84.6 Å². The molecular weight excluding hydrogens is 504 g/mol. The molecule has 0 spiro atoms. The molecule has 0 fully saturated rings. The van der Waals surface area contributed by atoms with Gasteiger partial charge in [-0.25, -0.2) is 4.79 Å². The van der Waals surface area contributed by atoms with Crippen LogP contribution in [0.3, 0.4) is 0 Å². The van der Waals surface area contributed by atoms with Crippen LogP contribution in [0.15, 0.2) is 119 Å². The van der Waals surface area contributed by atoms with Gasteiger partial charge < -0.3 is 10.1 Å². The molecular formula is C33H34N2O3S. The summed E-state index contributed by atoms with van der Waals surface area (Å²) in [5.41, 5.74) is 4.11. The predicted octanol–water partition coefficient (Wildman–Crippen LogP) is 7.29. The Morgan fingerprint density at radius 1 is 0.769 bits per heavy atom. The number of urea groups is 1. The summed E-state index contributed by atoms with van der Waals surface area (Å²) in [5, 5.41) is 3.08.